The summed E-state index contributed by atoms with van der Waals surface area (Å²) in [7, 11) is 4.55. The van der Waals surface area contributed by atoms with Gasteiger partial charge in [0.1, 0.15) is 5.75 Å². The molecule has 0 aromatic heterocycles. The van der Waals surface area contributed by atoms with Gasteiger partial charge in [-0.25, -0.2) is 0 Å². The van der Waals surface area contributed by atoms with Gasteiger partial charge in [0.15, 0.2) is 17.6 Å². The molecule has 2 N–H and O–H groups in total. The normalized spacial score (nSPS) is 15.0. The molecule has 2 amide bonds. The largest absolute Gasteiger partial charge is 0.493 e. The molecule has 0 saturated carbocycles. The van der Waals surface area contributed by atoms with Crippen molar-refractivity contribution in [3.05, 3.63) is 35.9 Å². The van der Waals surface area contributed by atoms with E-state index in [9.17, 15) is 9.59 Å². The second-order valence-corrected chi connectivity index (χ2v) is 6.18. The SMILES string of the molecule is COc1ccc(CC(=O)Nc2ccc3c(c2)NC(=O)C(C)O3)c(OC)c1OC. The van der Waals surface area contributed by atoms with Crippen LogP contribution < -0.4 is 29.6 Å². The van der Waals surface area contributed by atoms with Gasteiger partial charge >= 0.3 is 0 Å². The zero-order valence-electron chi connectivity index (χ0n) is 16.1. The fourth-order valence-corrected chi connectivity index (χ4v) is 2.97. The quantitative estimate of drug-likeness (QED) is 0.792. The Morgan fingerprint density at radius 1 is 1.11 bits per heavy atom. The molecule has 0 spiro atoms. The van der Waals surface area contributed by atoms with Gasteiger partial charge in [0, 0.05) is 11.3 Å². The van der Waals surface area contributed by atoms with Crippen LogP contribution in [0.25, 0.3) is 0 Å². The number of carbonyl (C=O) groups excluding carboxylic acids is 2. The topological polar surface area (TPSA) is 95.1 Å². The highest BCUT2D eigenvalue weighted by molar-refractivity contribution is 5.99. The van der Waals surface area contributed by atoms with Crippen LogP contribution in [0.2, 0.25) is 0 Å². The number of fused-ring (bicyclic) bond motifs is 1. The zero-order valence-corrected chi connectivity index (χ0v) is 16.1. The van der Waals surface area contributed by atoms with Gasteiger partial charge in [-0.1, -0.05) is 6.07 Å². The van der Waals surface area contributed by atoms with E-state index in [1.165, 1.54) is 21.3 Å². The predicted octanol–water partition coefficient (Wildman–Crippen LogP) is 2.61. The van der Waals surface area contributed by atoms with E-state index >= 15 is 0 Å². The Bertz CT molecular complexity index is 912. The van der Waals surface area contributed by atoms with E-state index in [4.69, 9.17) is 18.9 Å². The molecule has 1 atom stereocenters. The van der Waals surface area contributed by atoms with Crippen LogP contribution in [0.15, 0.2) is 30.3 Å². The molecule has 0 radical (unpaired) electrons. The summed E-state index contributed by atoms with van der Waals surface area (Å²) >= 11 is 0. The van der Waals surface area contributed by atoms with E-state index in [-0.39, 0.29) is 18.2 Å². The number of hydrogen-bond acceptors (Lipinski definition) is 6. The van der Waals surface area contributed by atoms with E-state index in [1.54, 1.807) is 37.3 Å². The van der Waals surface area contributed by atoms with Crippen LogP contribution in [-0.2, 0) is 16.0 Å². The van der Waals surface area contributed by atoms with Gasteiger partial charge < -0.3 is 29.6 Å². The molecule has 3 rings (SSSR count). The molecular weight excluding hydrogens is 364 g/mol. The molecule has 1 unspecified atom stereocenters. The van der Waals surface area contributed by atoms with Gasteiger partial charge in [-0.2, -0.15) is 0 Å². The second-order valence-electron chi connectivity index (χ2n) is 6.18. The van der Waals surface area contributed by atoms with Gasteiger partial charge in [-0.05, 0) is 31.2 Å². The zero-order chi connectivity index (χ0) is 20.3. The first-order chi connectivity index (χ1) is 13.5. The Morgan fingerprint density at radius 2 is 1.86 bits per heavy atom. The van der Waals surface area contributed by atoms with Crippen molar-refractivity contribution in [2.45, 2.75) is 19.4 Å². The van der Waals surface area contributed by atoms with Crippen molar-refractivity contribution in [2.75, 3.05) is 32.0 Å². The predicted molar refractivity (Wildman–Crippen MR) is 104 cm³/mol. The van der Waals surface area contributed by atoms with E-state index in [0.717, 1.165) is 0 Å². The lowest BCUT2D eigenvalue weighted by Gasteiger charge is -2.23. The molecule has 148 valence electrons. The third-order valence-electron chi connectivity index (χ3n) is 4.33. The summed E-state index contributed by atoms with van der Waals surface area (Å²) in [6.45, 7) is 1.67. The van der Waals surface area contributed by atoms with Crippen molar-refractivity contribution in [3.63, 3.8) is 0 Å². The maximum absolute atomic E-state index is 12.5. The summed E-state index contributed by atoms with van der Waals surface area (Å²) in [5, 5.41) is 5.56. The second kappa shape index (κ2) is 8.08. The Hall–Kier alpha value is -3.42. The minimum atomic E-state index is -0.551. The van der Waals surface area contributed by atoms with E-state index < -0.39 is 6.10 Å². The third-order valence-corrected chi connectivity index (χ3v) is 4.33. The van der Waals surface area contributed by atoms with Crippen molar-refractivity contribution in [2.24, 2.45) is 0 Å². The molecule has 2 aromatic carbocycles. The van der Waals surface area contributed by atoms with Gasteiger partial charge in [0.05, 0.1) is 33.4 Å². The summed E-state index contributed by atoms with van der Waals surface area (Å²) in [5.74, 6) is 1.47. The first-order valence-corrected chi connectivity index (χ1v) is 8.66. The average Bonchev–Trinajstić information content (AvgIpc) is 2.68. The summed E-state index contributed by atoms with van der Waals surface area (Å²) in [4.78, 5) is 24.3. The highest BCUT2D eigenvalue weighted by atomic mass is 16.5. The number of benzene rings is 2. The molecular formula is C20H22N2O6. The average molecular weight is 386 g/mol. The Labute approximate surface area is 162 Å². The lowest BCUT2D eigenvalue weighted by molar-refractivity contribution is -0.122. The van der Waals surface area contributed by atoms with Crippen LogP contribution in [0, 0.1) is 0 Å². The first kappa shape index (κ1) is 19.3. The van der Waals surface area contributed by atoms with Crippen molar-refractivity contribution in [3.8, 4) is 23.0 Å². The maximum Gasteiger partial charge on any atom is 0.265 e. The molecule has 0 bridgehead atoms. The molecule has 0 fully saturated rings. The third kappa shape index (κ3) is 3.80. The summed E-state index contributed by atoms with van der Waals surface area (Å²) in [6.07, 6.45) is -0.481. The summed E-state index contributed by atoms with van der Waals surface area (Å²) in [5.41, 5.74) is 1.72. The molecule has 0 saturated heterocycles. The number of methoxy groups -OCH3 is 3. The van der Waals surface area contributed by atoms with E-state index in [0.29, 0.717) is 39.9 Å². The number of carbonyl (C=O) groups is 2. The molecule has 1 aliphatic rings. The fourth-order valence-electron chi connectivity index (χ4n) is 2.97. The standard InChI is InChI=1S/C20H22N2O6/c1-11-20(24)22-14-10-13(6-8-15(14)28-11)21-17(23)9-12-5-7-16(25-2)19(27-4)18(12)26-3/h5-8,10-11H,9H2,1-4H3,(H,21,23)(H,22,24). The van der Waals surface area contributed by atoms with Gasteiger partial charge in [0.25, 0.3) is 5.91 Å². The fraction of sp³-hybridized carbons (Fsp3) is 0.300. The monoisotopic (exact) mass is 386 g/mol. The number of rotatable bonds is 6. The number of ether oxygens (including phenoxy) is 4. The van der Waals surface area contributed by atoms with Crippen LogP contribution in [0.3, 0.4) is 0 Å². The van der Waals surface area contributed by atoms with Gasteiger partial charge in [0.2, 0.25) is 11.7 Å². The van der Waals surface area contributed by atoms with Crippen LogP contribution in [0.5, 0.6) is 23.0 Å². The molecule has 8 heteroatoms. The van der Waals surface area contributed by atoms with Crippen LogP contribution >= 0.6 is 0 Å². The number of anilines is 2. The van der Waals surface area contributed by atoms with Crippen LogP contribution in [-0.4, -0.2) is 39.2 Å². The van der Waals surface area contributed by atoms with Crippen molar-refractivity contribution >= 4 is 23.2 Å². The highest BCUT2D eigenvalue weighted by Gasteiger charge is 2.24. The number of amides is 2. The Kier molecular flexibility index (Phi) is 5.58. The van der Waals surface area contributed by atoms with Crippen molar-refractivity contribution < 1.29 is 28.5 Å². The van der Waals surface area contributed by atoms with Crippen molar-refractivity contribution in [1.82, 2.24) is 0 Å². The number of hydrogen-bond donors (Lipinski definition) is 2. The van der Waals surface area contributed by atoms with Crippen molar-refractivity contribution in [1.29, 1.82) is 0 Å². The molecule has 1 heterocycles. The van der Waals surface area contributed by atoms with E-state index in [2.05, 4.69) is 10.6 Å². The van der Waals surface area contributed by atoms with Gasteiger partial charge in [-0.3, -0.25) is 9.59 Å². The molecule has 0 aliphatic carbocycles. The lowest BCUT2D eigenvalue weighted by Crippen LogP contribution is -2.34. The molecule has 8 nitrogen and oxygen atoms in total. The molecule has 28 heavy (non-hydrogen) atoms. The highest BCUT2D eigenvalue weighted by Crippen LogP contribution is 2.40. The molecule has 2 aromatic rings. The number of nitrogens with one attached hydrogen (secondary N) is 2. The first-order valence-electron chi connectivity index (χ1n) is 8.66. The van der Waals surface area contributed by atoms with Gasteiger partial charge in [-0.15, -0.1) is 0 Å². The smallest absolute Gasteiger partial charge is 0.265 e. The lowest BCUT2D eigenvalue weighted by atomic mass is 10.1. The summed E-state index contributed by atoms with van der Waals surface area (Å²) in [6, 6.07) is 8.55. The van der Waals surface area contributed by atoms with E-state index in [1.807, 2.05) is 0 Å². The minimum absolute atomic E-state index is 0.0699. The van der Waals surface area contributed by atoms with Crippen LogP contribution in [0.4, 0.5) is 11.4 Å². The summed E-state index contributed by atoms with van der Waals surface area (Å²) < 4.78 is 21.5. The minimum Gasteiger partial charge on any atom is -0.493 e. The Morgan fingerprint density at radius 3 is 2.54 bits per heavy atom. The Balaban J connectivity index is 1.76. The van der Waals surface area contributed by atoms with Crippen LogP contribution in [0.1, 0.15) is 12.5 Å². The maximum atomic E-state index is 12.5. The molecule has 1 aliphatic heterocycles.